The lowest BCUT2D eigenvalue weighted by Crippen LogP contribution is -2.48. The van der Waals surface area contributed by atoms with E-state index in [1.54, 1.807) is 0 Å². The number of rotatable bonds is 7. The zero-order valence-corrected chi connectivity index (χ0v) is 22.4. The number of halogens is 6. The maximum Gasteiger partial charge on any atom is 0.416 e. The number of likely N-dealkylation sites (tertiary alicyclic amines) is 1. The molecule has 1 N–H and O–H groups in total. The normalized spacial score (nSPS) is 24.1. The minimum atomic E-state index is -4.92. The van der Waals surface area contributed by atoms with E-state index in [1.807, 2.05) is 0 Å². The number of alkyl halides is 6. The molecule has 1 amide bonds. The predicted octanol–water partition coefficient (Wildman–Crippen LogP) is 7.45. The van der Waals surface area contributed by atoms with Gasteiger partial charge < -0.3 is 10.2 Å². The topological polar surface area (TPSA) is 32.3 Å². The number of hydrogen-bond acceptors (Lipinski definition) is 2. The van der Waals surface area contributed by atoms with Crippen LogP contribution in [0.15, 0.2) is 48.5 Å². The fraction of sp³-hybridized carbons (Fsp3) is 0.516. The maximum atomic E-state index is 13.2. The Morgan fingerprint density at radius 2 is 1.73 bits per heavy atom. The molecule has 40 heavy (non-hydrogen) atoms. The highest BCUT2D eigenvalue weighted by Crippen LogP contribution is 2.47. The number of carbonyl (C=O) groups is 1. The molecular weight excluding hydrogens is 530 g/mol. The Balaban J connectivity index is 1.22. The van der Waals surface area contributed by atoms with Crippen molar-refractivity contribution in [3.8, 4) is 0 Å². The first kappa shape index (κ1) is 28.7. The van der Waals surface area contributed by atoms with Crippen molar-refractivity contribution in [1.29, 1.82) is 0 Å². The molecule has 1 heterocycles. The summed E-state index contributed by atoms with van der Waals surface area (Å²) in [7, 11) is 0. The molecule has 0 bridgehead atoms. The molecule has 216 valence electrons. The summed E-state index contributed by atoms with van der Waals surface area (Å²) in [5, 5.41) is 2.65. The largest absolute Gasteiger partial charge is 0.416 e. The van der Waals surface area contributed by atoms with Gasteiger partial charge in [0.1, 0.15) is 0 Å². The van der Waals surface area contributed by atoms with Gasteiger partial charge in [0, 0.05) is 24.4 Å². The summed E-state index contributed by atoms with van der Waals surface area (Å²) < 4.78 is 79.4. The first-order chi connectivity index (χ1) is 18.9. The average molecular weight is 565 g/mol. The molecule has 0 radical (unpaired) electrons. The molecule has 3 atom stereocenters. The minimum absolute atomic E-state index is 0.0259. The molecule has 1 unspecified atom stereocenters. The quantitative estimate of drug-likeness (QED) is 0.354. The van der Waals surface area contributed by atoms with E-state index in [0.29, 0.717) is 24.5 Å². The van der Waals surface area contributed by atoms with Gasteiger partial charge >= 0.3 is 12.4 Å². The zero-order valence-electron chi connectivity index (χ0n) is 22.4. The summed E-state index contributed by atoms with van der Waals surface area (Å²) in [4.78, 5) is 15.6. The zero-order chi connectivity index (χ0) is 28.7. The van der Waals surface area contributed by atoms with Crippen LogP contribution in [-0.4, -0.2) is 30.4 Å². The number of nitrogens with one attached hydrogen (secondary N) is 1. The average Bonchev–Trinajstić information content (AvgIpc) is 3.24. The van der Waals surface area contributed by atoms with E-state index in [2.05, 4.69) is 53.6 Å². The number of nitrogens with zero attached hydrogens (tertiary/aromatic N) is 1. The Kier molecular flexibility index (Phi) is 7.81. The van der Waals surface area contributed by atoms with Crippen LogP contribution in [0.1, 0.15) is 66.8 Å². The Morgan fingerprint density at radius 3 is 2.33 bits per heavy atom. The second-order valence-corrected chi connectivity index (χ2v) is 11.6. The number of benzene rings is 2. The smallest absolute Gasteiger partial charge is 0.352 e. The van der Waals surface area contributed by atoms with Crippen LogP contribution in [0.4, 0.5) is 26.3 Å². The van der Waals surface area contributed by atoms with Gasteiger partial charge in [-0.25, -0.2) is 0 Å². The summed E-state index contributed by atoms with van der Waals surface area (Å²) >= 11 is 0. The van der Waals surface area contributed by atoms with Crippen LogP contribution in [0, 0.1) is 17.8 Å². The number of carbonyl (C=O) groups excluding carboxylic acids is 1. The third-order valence-corrected chi connectivity index (χ3v) is 9.20. The second kappa shape index (κ2) is 10.9. The van der Waals surface area contributed by atoms with Crippen molar-refractivity contribution in [1.82, 2.24) is 10.2 Å². The van der Waals surface area contributed by atoms with Crippen molar-refractivity contribution in [2.45, 2.75) is 63.3 Å². The van der Waals surface area contributed by atoms with Gasteiger partial charge in [-0.05, 0) is 85.5 Å². The summed E-state index contributed by atoms with van der Waals surface area (Å²) in [6.45, 7) is 4.39. The SMILES string of the molecule is C[C@H]1CN(CCC(C(=O)NCc2cc(C(F)(F)F)cc(C(F)(F)F)c2)C2CCC2)CC[C@@]12C=Cc1ccccc12. The molecule has 1 aliphatic heterocycles. The molecule has 2 aliphatic carbocycles. The van der Waals surface area contributed by atoms with Gasteiger partial charge in [-0.3, -0.25) is 4.79 Å². The van der Waals surface area contributed by atoms with Gasteiger partial charge in [-0.2, -0.15) is 26.3 Å². The van der Waals surface area contributed by atoms with Crippen LogP contribution in [0.3, 0.4) is 0 Å². The molecule has 2 aromatic rings. The lowest BCUT2D eigenvalue weighted by atomic mass is 9.68. The van der Waals surface area contributed by atoms with Crippen molar-refractivity contribution >= 4 is 12.0 Å². The summed E-state index contributed by atoms with van der Waals surface area (Å²) in [5.41, 5.74) is -0.302. The summed E-state index contributed by atoms with van der Waals surface area (Å²) in [5.74, 6) is -0.0453. The lowest BCUT2D eigenvalue weighted by Gasteiger charge is -2.45. The predicted molar refractivity (Wildman–Crippen MR) is 141 cm³/mol. The standard InChI is InChI=1S/C31H34F6N2O/c1-20-19-39(14-12-29(20)11-9-23-5-2-3-8-27(23)29)13-10-26(22-6-4-7-22)28(40)38-18-21-15-24(30(32,33)34)17-25(16-21)31(35,36)37/h2-3,5,8-9,11,15-17,20,22,26H,4,6-7,10,12-14,18-19H2,1H3,(H,38,40)/t20-,26?,29-/m0/s1. The molecule has 9 heteroatoms. The van der Waals surface area contributed by atoms with Gasteiger partial charge in [0.25, 0.3) is 0 Å². The van der Waals surface area contributed by atoms with Crippen LogP contribution >= 0.6 is 0 Å². The van der Waals surface area contributed by atoms with Gasteiger partial charge in [0.15, 0.2) is 0 Å². The van der Waals surface area contributed by atoms with Crippen LogP contribution in [0.5, 0.6) is 0 Å². The van der Waals surface area contributed by atoms with Crippen LogP contribution in [0.2, 0.25) is 0 Å². The van der Waals surface area contributed by atoms with Crippen molar-refractivity contribution in [2.24, 2.45) is 17.8 Å². The monoisotopic (exact) mass is 564 g/mol. The van der Waals surface area contributed by atoms with Gasteiger partial charge in [0.05, 0.1) is 11.1 Å². The van der Waals surface area contributed by atoms with E-state index < -0.39 is 23.5 Å². The number of allylic oxidation sites excluding steroid dienone is 1. The first-order valence-electron chi connectivity index (χ1n) is 13.9. The minimum Gasteiger partial charge on any atom is -0.352 e. The molecule has 5 rings (SSSR count). The second-order valence-electron chi connectivity index (χ2n) is 11.6. The van der Waals surface area contributed by atoms with E-state index in [-0.39, 0.29) is 41.3 Å². The maximum absolute atomic E-state index is 13.2. The number of fused-ring (bicyclic) bond motifs is 2. The highest BCUT2D eigenvalue weighted by atomic mass is 19.4. The van der Waals surface area contributed by atoms with Gasteiger partial charge in [-0.1, -0.05) is 49.8 Å². The molecule has 3 nitrogen and oxygen atoms in total. The Hall–Kier alpha value is -2.81. The fourth-order valence-electron chi connectivity index (χ4n) is 6.66. The molecule has 2 fully saturated rings. The van der Waals surface area contributed by atoms with Gasteiger partial charge in [0.2, 0.25) is 5.91 Å². The van der Waals surface area contributed by atoms with E-state index in [0.717, 1.165) is 45.3 Å². The summed E-state index contributed by atoms with van der Waals surface area (Å²) in [6, 6.07) is 9.94. The third-order valence-electron chi connectivity index (χ3n) is 9.20. The van der Waals surface area contributed by atoms with Crippen molar-refractivity contribution < 1.29 is 31.1 Å². The van der Waals surface area contributed by atoms with Crippen molar-refractivity contribution in [3.05, 3.63) is 76.4 Å². The molecule has 1 saturated heterocycles. The van der Waals surface area contributed by atoms with Crippen molar-refractivity contribution in [3.63, 3.8) is 0 Å². The number of amides is 1. The van der Waals surface area contributed by atoms with Crippen LogP contribution in [0.25, 0.3) is 6.08 Å². The molecule has 3 aliphatic rings. The molecule has 1 spiro atoms. The Labute approximate surface area is 230 Å². The first-order valence-corrected chi connectivity index (χ1v) is 13.9. The Morgan fingerprint density at radius 1 is 1.05 bits per heavy atom. The van der Waals surface area contributed by atoms with E-state index in [4.69, 9.17) is 0 Å². The van der Waals surface area contributed by atoms with E-state index in [9.17, 15) is 31.1 Å². The third kappa shape index (κ3) is 5.80. The number of hydrogen-bond donors (Lipinski definition) is 1. The fourth-order valence-corrected chi connectivity index (χ4v) is 6.66. The lowest BCUT2D eigenvalue weighted by molar-refractivity contribution is -0.143. The molecule has 1 saturated carbocycles. The highest BCUT2D eigenvalue weighted by molar-refractivity contribution is 5.79. The molecule has 2 aromatic carbocycles. The summed E-state index contributed by atoms with van der Waals surface area (Å²) in [6.07, 6.45) is -0.876. The van der Waals surface area contributed by atoms with Crippen molar-refractivity contribution in [2.75, 3.05) is 19.6 Å². The van der Waals surface area contributed by atoms with Crippen LogP contribution < -0.4 is 5.32 Å². The van der Waals surface area contributed by atoms with E-state index >= 15 is 0 Å². The van der Waals surface area contributed by atoms with E-state index in [1.165, 1.54) is 11.1 Å². The highest BCUT2D eigenvalue weighted by Gasteiger charge is 2.43. The molecule has 0 aromatic heterocycles. The number of piperidine rings is 1. The van der Waals surface area contributed by atoms with Crippen LogP contribution in [-0.2, 0) is 29.1 Å². The Bertz CT molecular complexity index is 1230. The van der Waals surface area contributed by atoms with Gasteiger partial charge in [-0.15, -0.1) is 0 Å². The molecular formula is C31H34F6N2O.